The highest BCUT2D eigenvalue weighted by molar-refractivity contribution is 9.08. The predicted octanol–water partition coefficient (Wildman–Crippen LogP) is 2.46. The summed E-state index contributed by atoms with van der Waals surface area (Å²) in [6, 6.07) is 10.3. The van der Waals surface area contributed by atoms with Crippen molar-refractivity contribution in [3.63, 3.8) is 0 Å². The minimum atomic E-state index is -3.47. The predicted molar refractivity (Wildman–Crippen MR) is 77.3 cm³/mol. The number of hydrogen-bond donors (Lipinski definition) is 1. The number of halogens is 1. The molecule has 0 saturated heterocycles. The van der Waals surface area contributed by atoms with E-state index in [0.717, 1.165) is 11.1 Å². The zero-order valence-electron chi connectivity index (χ0n) is 10.1. The molecule has 1 heterocycles. The summed E-state index contributed by atoms with van der Waals surface area (Å²) in [5, 5.41) is 0.706. The van der Waals surface area contributed by atoms with Gasteiger partial charge in [-0.1, -0.05) is 28.1 Å². The topological polar surface area (TPSA) is 59.1 Å². The molecule has 0 bridgehead atoms. The fourth-order valence-electron chi connectivity index (χ4n) is 1.52. The molecule has 19 heavy (non-hydrogen) atoms. The van der Waals surface area contributed by atoms with E-state index in [-0.39, 0.29) is 11.4 Å². The van der Waals surface area contributed by atoms with Gasteiger partial charge in [-0.2, -0.15) is 0 Å². The first-order valence-electron chi connectivity index (χ1n) is 5.65. The quantitative estimate of drug-likeness (QED) is 0.850. The van der Waals surface area contributed by atoms with Crippen LogP contribution in [0.2, 0.25) is 0 Å². The van der Waals surface area contributed by atoms with Gasteiger partial charge >= 0.3 is 0 Å². The maximum absolute atomic E-state index is 12.1. The Labute approximate surface area is 121 Å². The van der Waals surface area contributed by atoms with E-state index in [0.29, 0.717) is 5.33 Å². The van der Waals surface area contributed by atoms with Crippen LogP contribution in [0.4, 0.5) is 0 Å². The van der Waals surface area contributed by atoms with Crippen LogP contribution in [0.15, 0.2) is 53.7 Å². The molecule has 0 aliphatic rings. The van der Waals surface area contributed by atoms with Crippen LogP contribution in [0, 0.1) is 0 Å². The van der Waals surface area contributed by atoms with Crippen molar-refractivity contribution >= 4 is 26.0 Å². The smallest absolute Gasteiger partial charge is 0.240 e. The molecule has 6 heteroatoms. The van der Waals surface area contributed by atoms with Crippen LogP contribution in [-0.4, -0.2) is 13.4 Å². The van der Waals surface area contributed by atoms with Crippen molar-refractivity contribution in [1.82, 2.24) is 9.71 Å². The van der Waals surface area contributed by atoms with Gasteiger partial charge in [-0.25, -0.2) is 13.1 Å². The van der Waals surface area contributed by atoms with Crippen LogP contribution in [0.3, 0.4) is 0 Å². The summed E-state index contributed by atoms with van der Waals surface area (Å²) < 4.78 is 26.7. The second-order valence-corrected chi connectivity index (χ2v) is 6.29. The molecule has 2 rings (SSSR count). The number of pyridine rings is 1. The molecule has 1 N–H and O–H groups in total. The lowest BCUT2D eigenvalue weighted by Gasteiger charge is -2.07. The first-order chi connectivity index (χ1) is 9.12. The van der Waals surface area contributed by atoms with Crippen LogP contribution in [-0.2, 0) is 21.9 Å². The first-order valence-corrected chi connectivity index (χ1v) is 8.26. The van der Waals surface area contributed by atoms with Crippen molar-refractivity contribution in [2.24, 2.45) is 0 Å². The van der Waals surface area contributed by atoms with Crippen molar-refractivity contribution in [2.75, 3.05) is 0 Å². The molecular formula is C13H13BrN2O2S. The number of aromatic nitrogens is 1. The standard InChI is InChI=1S/C13H13BrN2O2S/c14-9-11-1-3-13(4-2-11)19(17,18)16-10-12-5-7-15-8-6-12/h1-8,16H,9-10H2. The van der Waals surface area contributed by atoms with Gasteiger partial charge in [0.15, 0.2) is 0 Å². The van der Waals surface area contributed by atoms with E-state index in [2.05, 4.69) is 25.6 Å². The number of sulfonamides is 1. The van der Waals surface area contributed by atoms with Crippen molar-refractivity contribution in [1.29, 1.82) is 0 Å². The highest BCUT2D eigenvalue weighted by atomic mass is 79.9. The van der Waals surface area contributed by atoms with Crippen molar-refractivity contribution in [2.45, 2.75) is 16.8 Å². The van der Waals surface area contributed by atoms with Gasteiger partial charge in [-0.15, -0.1) is 0 Å². The summed E-state index contributed by atoms with van der Waals surface area (Å²) in [6.45, 7) is 0.255. The van der Waals surface area contributed by atoms with Gasteiger partial charge in [0.25, 0.3) is 0 Å². The van der Waals surface area contributed by atoms with Gasteiger partial charge < -0.3 is 0 Å². The zero-order valence-corrected chi connectivity index (χ0v) is 12.5. The number of benzene rings is 1. The van der Waals surface area contributed by atoms with E-state index in [4.69, 9.17) is 0 Å². The van der Waals surface area contributed by atoms with Crippen LogP contribution >= 0.6 is 15.9 Å². The zero-order chi connectivity index (χ0) is 13.7. The molecule has 1 aromatic heterocycles. The Morgan fingerprint density at radius 2 is 1.63 bits per heavy atom. The van der Waals surface area contributed by atoms with Gasteiger partial charge in [-0.3, -0.25) is 4.98 Å². The van der Waals surface area contributed by atoms with Crippen LogP contribution in [0.25, 0.3) is 0 Å². The monoisotopic (exact) mass is 340 g/mol. The molecule has 4 nitrogen and oxygen atoms in total. The summed E-state index contributed by atoms with van der Waals surface area (Å²) in [7, 11) is -3.47. The van der Waals surface area contributed by atoms with Crippen LogP contribution < -0.4 is 4.72 Å². The van der Waals surface area contributed by atoms with E-state index < -0.39 is 10.0 Å². The Morgan fingerprint density at radius 3 is 2.21 bits per heavy atom. The summed E-state index contributed by atoms with van der Waals surface area (Å²) in [4.78, 5) is 4.16. The summed E-state index contributed by atoms with van der Waals surface area (Å²) in [5.41, 5.74) is 1.91. The SMILES string of the molecule is O=S(=O)(NCc1ccncc1)c1ccc(CBr)cc1. The molecule has 0 fully saturated rings. The molecule has 2 aromatic rings. The van der Waals surface area contributed by atoms with E-state index in [1.807, 2.05) is 0 Å². The molecule has 0 unspecified atom stereocenters. The maximum atomic E-state index is 12.1. The highest BCUT2D eigenvalue weighted by Gasteiger charge is 2.13. The Kier molecular flexibility index (Phi) is 4.68. The Hall–Kier alpha value is -1.24. The highest BCUT2D eigenvalue weighted by Crippen LogP contribution is 2.13. The van der Waals surface area contributed by atoms with Gasteiger partial charge in [-0.05, 0) is 35.4 Å². The Bertz CT molecular complexity index is 627. The number of rotatable bonds is 5. The van der Waals surface area contributed by atoms with Crippen LogP contribution in [0.5, 0.6) is 0 Å². The molecule has 0 aliphatic carbocycles. The third-order valence-corrected chi connectivity index (χ3v) is 4.67. The molecule has 0 amide bonds. The Balaban J connectivity index is 2.09. The van der Waals surface area contributed by atoms with E-state index in [1.165, 1.54) is 0 Å². The average molecular weight is 341 g/mol. The lowest BCUT2D eigenvalue weighted by atomic mass is 10.2. The molecule has 0 atom stereocenters. The van der Waals surface area contributed by atoms with E-state index >= 15 is 0 Å². The second kappa shape index (κ2) is 6.27. The molecule has 1 aromatic carbocycles. The largest absolute Gasteiger partial charge is 0.265 e. The van der Waals surface area contributed by atoms with Gasteiger partial charge in [0.05, 0.1) is 4.90 Å². The summed E-state index contributed by atoms with van der Waals surface area (Å²) in [6.07, 6.45) is 3.27. The van der Waals surface area contributed by atoms with Crippen LogP contribution in [0.1, 0.15) is 11.1 Å². The molecule has 100 valence electrons. The first kappa shape index (κ1) is 14.2. The third-order valence-electron chi connectivity index (χ3n) is 2.60. The summed E-state index contributed by atoms with van der Waals surface area (Å²) in [5.74, 6) is 0. The fourth-order valence-corrected chi connectivity index (χ4v) is 2.91. The molecule has 0 aliphatic heterocycles. The minimum Gasteiger partial charge on any atom is -0.265 e. The molecule has 0 spiro atoms. The lowest BCUT2D eigenvalue weighted by Crippen LogP contribution is -2.23. The van der Waals surface area contributed by atoms with Gasteiger partial charge in [0.2, 0.25) is 10.0 Å². The van der Waals surface area contributed by atoms with E-state index in [1.54, 1.807) is 48.8 Å². The maximum Gasteiger partial charge on any atom is 0.240 e. The van der Waals surface area contributed by atoms with Crippen molar-refractivity contribution < 1.29 is 8.42 Å². The number of alkyl halides is 1. The molecular weight excluding hydrogens is 328 g/mol. The fraction of sp³-hybridized carbons (Fsp3) is 0.154. The van der Waals surface area contributed by atoms with Crippen molar-refractivity contribution in [3.05, 3.63) is 59.9 Å². The van der Waals surface area contributed by atoms with E-state index in [9.17, 15) is 8.42 Å². The summed E-state index contributed by atoms with van der Waals surface area (Å²) >= 11 is 3.32. The van der Waals surface area contributed by atoms with Gasteiger partial charge in [0, 0.05) is 24.3 Å². The minimum absolute atomic E-state index is 0.255. The lowest BCUT2D eigenvalue weighted by molar-refractivity contribution is 0.581. The third kappa shape index (κ3) is 3.86. The average Bonchev–Trinajstić information content (AvgIpc) is 2.46. The van der Waals surface area contributed by atoms with Crippen molar-refractivity contribution in [3.8, 4) is 0 Å². The molecule has 0 saturated carbocycles. The number of hydrogen-bond acceptors (Lipinski definition) is 3. The Morgan fingerprint density at radius 1 is 1.00 bits per heavy atom. The number of nitrogens with zero attached hydrogens (tertiary/aromatic N) is 1. The normalized spacial score (nSPS) is 11.4. The second-order valence-electron chi connectivity index (χ2n) is 3.96. The van der Waals surface area contributed by atoms with Gasteiger partial charge in [0.1, 0.15) is 0 Å². The molecule has 0 radical (unpaired) electrons. The number of nitrogens with one attached hydrogen (secondary N) is 1.